The SMILES string of the molecule is CC(=N)C(=O)NC(CC(S(=O)(=O)C(F)(F)F)S(=O)(=O)C(F)(F)F)C(F)(F)F. The van der Waals surface area contributed by atoms with Crippen LogP contribution in [0.25, 0.3) is 0 Å². The third-order valence-corrected chi connectivity index (χ3v) is 7.39. The van der Waals surface area contributed by atoms with Crippen LogP contribution in [0.2, 0.25) is 0 Å². The van der Waals surface area contributed by atoms with Crippen LogP contribution in [-0.4, -0.2) is 56.3 Å². The Morgan fingerprint density at radius 2 is 1.22 bits per heavy atom. The van der Waals surface area contributed by atoms with Gasteiger partial charge in [-0.1, -0.05) is 0 Å². The highest BCUT2D eigenvalue weighted by Gasteiger charge is 2.64. The molecule has 0 saturated heterocycles. The van der Waals surface area contributed by atoms with Gasteiger partial charge in [0.15, 0.2) is 4.58 Å². The normalized spacial score (nSPS) is 15.5. The van der Waals surface area contributed by atoms with Gasteiger partial charge in [0.05, 0.1) is 5.71 Å². The van der Waals surface area contributed by atoms with Gasteiger partial charge in [-0.3, -0.25) is 10.2 Å². The summed E-state index contributed by atoms with van der Waals surface area (Å²) in [4.78, 5) is 11.1. The van der Waals surface area contributed by atoms with Crippen molar-refractivity contribution in [2.75, 3.05) is 0 Å². The number of hydrogen-bond acceptors (Lipinski definition) is 6. The molecule has 7 nitrogen and oxygen atoms in total. The van der Waals surface area contributed by atoms with Gasteiger partial charge in [-0.15, -0.1) is 0 Å². The molecule has 0 bridgehead atoms. The zero-order valence-corrected chi connectivity index (χ0v) is 14.3. The van der Waals surface area contributed by atoms with Crippen molar-refractivity contribution in [2.45, 2.75) is 41.2 Å². The topological polar surface area (TPSA) is 121 Å². The van der Waals surface area contributed by atoms with E-state index in [1.807, 2.05) is 0 Å². The van der Waals surface area contributed by atoms with Gasteiger partial charge in [0.2, 0.25) is 0 Å². The minimum absolute atomic E-state index is 0.596. The first-order chi connectivity index (χ1) is 11.6. The Morgan fingerprint density at radius 1 is 0.889 bits per heavy atom. The summed E-state index contributed by atoms with van der Waals surface area (Å²) in [5.74, 6) is -1.93. The molecule has 0 rings (SSSR count). The number of hydrogen-bond donors (Lipinski definition) is 2. The highest BCUT2D eigenvalue weighted by Crippen LogP contribution is 2.39. The van der Waals surface area contributed by atoms with Crippen molar-refractivity contribution < 1.29 is 61.1 Å². The summed E-state index contributed by atoms with van der Waals surface area (Å²) >= 11 is 0. The molecule has 27 heavy (non-hydrogen) atoms. The van der Waals surface area contributed by atoms with Crippen LogP contribution in [0.3, 0.4) is 0 Å². The van der Waals surface area contributed by atoms with Crippen LogP contribution in [0, 0.1) is 5.41 Å². The van der Waals surface area contributed by atoms with Crippen molar-refractivity contribution in [1.29, 1.82) is 5.41 Å². The first-order valence-electron chi connectivity index (χ1n) is 6.10. The van der Waals surface area contributed by atoms with Crippen molar-refractivity contribution >= 4 is 31.3 Å². The molecule has 2 N–H and O–H groups in total. The fraction of sp³-hybridized carbons (Fsp3) is 0.778. The Balaban J connectivity index is 6.48. The number of carbonyl (C=O) groups is 1. The maximum atomic E-state index is 12.8. The van der Waals surface area contributed by atoms with Crippen LogP contribution in [0.15, 0.2) is 0 Å². The molecule has 0 aromatic carbocycles. The first-order valence-corrected chi connectivity index (χ1v) is 9.19. The number of halogens is 9. The monoisotopic (exact) mass is 460 g/mol. The number of nitrogens with one attached hydrogen (secondary N) is 2. The Bertz CT molecular complexity index is 751. The number of amides is 1. The molecule has 0 aromatic rings. The van der Waals surface area contributed by atoms with E-state index in [2.05, 4.69) is 0 Å². The maximum Gasteiger partial charge on any atom is 0.498 e. The quantitative estimate of drug-likeness (QED) is 0.461. The van der Waals surface area contributed by atoms with Crippen molar-refractivity contribution in [2.24, 2.45) is 0 Å². The minimum Gasteiger partial charge on any atom is -0.339 e. The smallest absolute Gasteiger partial charge is 0.339 e. The van der Waals surface area contributed by atoms with Crippen molar-refractivity contribution in [3.05, 3.63) is 0 Å². The van der Waals surface area contributed by atoms with Crippen LogP contribution in [-0.2, 0) is 24.5 Å². The molecule has 1 unspecified atom stereocenters. The third-order valence-electron chi connectivity index (χ3n) is 2.81. The largest absolute Gasteiger partial charge is 0.498 e. The van der Waals surface area contributed by atoms with Gasteiger partial charge in [0.1, 0.15) is 6.04 Å². The molecule has 0 saturated carbocycles. The van der Waals surface area contributed by atoms with E-state index in [1.165, 1.54) is 0 Å². The molecule has 18 heteroatoms. The van der Waals surface area contributed by atoms with Crippen molar-refractivity contribution in [3.63, 3.8) is 0 Å². The maximum absolute atomic E-state index is 12.8. The molecule has 0 spiro atoms. The van der Waals surface area contributed by atoms with Gasteiger partial charge in [0, 0.05) is 6.42 Å². The van der Waals surface area contributed by atoms with Crippen LogP contribution in [0.4, 0.5) is 39.5 Å². The Kier molecular flexibility index (Phi) is 7.00. The second-order valence-corrected chi connectivity index (χ2v) is 9.38. The number of sulfone groups is 2. The van der Waals surface area contributed by atoms with E-state index in [0.717, 1.165) is 5.32 Å². The van der Waals surface area contributed by atoms with Crippen molar-refractivity contribution in [3.8, 4) is 0 Å². The molecule has 0 heterocycles. The summed E-state index contributed by atoms with van der Waals surface area (Å²) in [6, 6.07) is -3.75. The van der Waals surface area contributed by atoms with Crippen LogP contribution in [0.1, 0.15) is 13.3 Å². The van der Waals surface area contributed by atoms with E-state index in [9.17, 15) is 61.1 Å². The molecule has 1 amide bonds. The highest BCUT2D eigenvalue weighted by molar-refractivity contribution is 8.09. The minimum atomic E-state index is -7.30. The molecular weight excluding hydrogens is 451 g/mol. The fourth-order valence-electron chi connectivity index (χ4n) is 1.45. The van der Waals surface area contributed by atoms with Crippen LogP contribution in [0.5, 0.6) is 0 Å². The predicted molar refractivity (Wildman–Crippen MR) is 69.7 cm³/mol. The number of alkyl halides is 9. The predicted octanol–water partition coefficient (Wildman–Crippen LogP) is 1.66. The zero-order chi connectivity index (χ0) is 22.2. The van der Waals surface area contributed by atoms with Crippen LogP contribution >= 0.6 is 0 Å². The molecule has 0 aromatic heterocycles. The van der Waals surface area contributed by atoms with Crippen molar-refractivity contribution in [1.82, 2.24) is 5.32 Å². The summed E-state index contributed by atoms with van der Waals surface area (Å²) in [7, 11) is -14.6. The lowest BCUT2D eigenvalue weighted by Gasteiger charge is -2.27. The average molecular weight is 460 g/mol. The van der Waals surface area contributed by atoms with Gasteiger partial charge < -0.3 is 5.32 Å². The highest BCUT2D eigenvalue weighted by atomic mass is 32.3. The summed E-state index contributed by atoms with van der Waals surface area (Å²) in [5.41, 5.74) is -14.5. The summed E-state index contributed by atoms with van der Waals surface area (Å²) in [5, 5.41) is 7.53. The van der Waals surface area contributed by atoms with E-state index in [-0.39, 0.29) is 0 Å². The van der Waals surface area contributed by atoms with E-state index in [1.54, 1.807) is 0 Å². The Hall–Kier alpha value is -1.59. The zero-order valence-electron chi connectivity index (χ0n) is 12.6. The van der Waals surface area contributed by atoms with E-state index >= 15 is 0 Å². The molecule has 0 aliphatic carbocycles. The van der Waals surface area contributed by atoms with Crippen LogP contribution < -0.4 is 5.32 Å². The molecule has 0 fully saturated rings. The summed E-state index contributed by atoms with van der Waals surface area (Å²) in [6.45, 7) is 0.596. The third kappa shape index (κ3) is 5.69. The van der Waals surface area contributed by atoms with Gasteiger partial charge in [0.25, 0.3) is 25.6 Å². The van der Waals surface area contributed by atoms with E-state index in [0.29, 0.717) is 6.92 Å². The molecular formula is C9H9F9N2O5S2. The Labute approximate surface area is 145 Å². The Morgan fingerprint density at radius 3 is 1.44 bits per heavy atom. The van der Waals surface area contributed by atoms with Gasteiger partial charge >= 0.3 is 17.2 Å². The van der Waals surface area contributed by atoms with E-state index < -0.39 is 65.5 Å². The second kappa shape index (κ2) is 7.44. The lowest BCUT2D eigenvalue weighted by Crippen LogP contribution is -2.53. The fourth-order valence-corrected chi connectivity index (χ4v) is 4.93. The molecule has 1 atom stereocenters. The lowest BCUT2D eigenvalue weighted by atomic mass is 10.2. The number of rotatable bonds is 6. The summed E-state index contributed by atoms with van der Waals surface area (Å²) < 4.78 is 154. The van der Waals surface area contributed by atoms with Gasteiger partial charge in [-0.05, 0) is 6.92 Å². The molecule has 0 aliphatic rings. The number of carbonyl (C=O) groups excluding carboxylic acids is 1. The van der Waals surface area contributed by atoms with E-state index in [4.69, 9.17) is 5.41 Å². The first kappa shape index (κ1) is 25.4. The standard InChI is InChI=1S/C9H9F9N2O5S2/c1-3(19)6(21)20-4(7(10,11)12)2-5(26(22,23)8(13,14)15)27(24,25)9(16,17)18/h4-5,19H,2H2,1H3,(H,20,21). The molecule has 0 radical (unpaired) electrons. The van der Waals surface area contributed by atoms with Gasteiger partial charge in [-0.25, -0.2) is 16.8 Å². The molecule has 160 valence electrons. The van der Waals surface area contributed by atoms with Gasteiger partial charge in [-0.2, -0.15) is 39.5 Å². The molecule has 0 aliphatic heterocycles. The lowest BCUT2D eigenvalue weighted by molar-refractivity contribution is -0.160. The summed E-state index contributed by atoms with van der Waals surface area (Å²) in [6.07, 6.45) is -8.68. The second-order valence-electron chi connectivity index (χ2n) is 4.84. The average Bonchev–Trinajstić information content (AvgIpc) is 2.38.